The van der Waals surface area contributed by atoms with E-state index in [-0.39, 0.29) is 0 Å². The lowest BCUT2D eigenvalue weighted by atomic mass is 11.1. The highest BCUT2D eigenvalue weighted by Crippen LogP contribution is 2.22. The van der Waals surface area contributed by atoms with Crippen molar-refractivity contribution in [2.75, 3.05) is 11.6 Å². The molecule has 0 fully saturated rings. The first-order valence-corrected chi connectivity index (χ1v) is 4.48. The normalized spacial score (nSPS) is 9.30. The van der Waals surface area contributed by atoms with Gasteiger partial charge < -0.3 is 5.32 Å². The minimum atomic E-state index is 0.541. The van der Waals surface area contributed by atoms with E-state index in [0.717, 1.165) is 4.34 Å². The smallest absolute Gasteiger partial charge is 0.213 e. The zero-order valence-electron chi connectivity index (χ0n) is 5.20. The molecule has 0 saturated heterocycles. The third kappa shape index (κ3) is 1.68. The van der Waals surface area contributed by atoms with Crippen LogP contribution in [0.15, 0.2) is 4.34 Å². The van der Waals surface area contributed by atoms with Crippen LogP contribution in [0.4, 0.5) is 5.13 Å². The summed E-state index contributed by atoms with van der Waals surface area (Å²) in [4.78, 5) is 9.89. The average molecular weight is 175 g/mol. The van der Waals surface area contributed by atoms with Crippen LogP contribution >= 0.6 is 23.1 Å². The first kappa shape index (κ1) is 7.49. The number of nitrogens with one attached hydrogen (secondary N) is 1. The van der Waals surface area contributed by atoms with Crippen LogP contribution < -0.4 is 5.32 Å². The van der Waals surface area contributed by atoms with E-state index in [9.17, 15) is 4.79 Å². The molecule has 0 bridgehead atoms. The number of rotatable bonds is 3. The van der Waals surface area contributed by atoms with Crippen molar-refractivity contribution < 1.29 is 4.79 Å². The standard InChI is InChI=1S/C4H5N3OS2/c1-9-4-7-6-3(10-4)5-2-8/h2H,1H3,(H,5,6,8). The van der Waals surface area contributed by atoms with Crippen LogP contribution in [-0.2, 0) is 4.79 Å². The number of aromatic nitrogens is 2. The molecule has 54 valence electrons. The molecule has 1 aromatic heterocycles. The lowest BCUT2D eigenvalue weighted by Gasteiger charge is -1.82. The van der Waals surface area contributed by atoms with E-state index in [4.69, 9.17) is 0 Å². The van der Waals surface area contributed by atoms with Crippen LogP contribution in [0.3, 0.4) is 0 Å². The molecule has 1 aromatic rings. The lowest BCUT2D eigenvalue weighted by Crippen LogP contribution is -1.91. The topological polar surface area (TPSA) is 54.9 Å². The third-order valence-corrected chi connectivity index (χ3v) is 2.59. The first-order chi connectivity index (χ1) is 4.86. The van der Waals surface area contributed by atoms with Gasteiger partial charge in [0.1, 0.15) is 0 Å². The minimum absolute atomic E-state index is 0.541. The SMILES string of the molecule is CSc1nnc(NC=O)s1. The molecule has 0 spiro atoms. The van der Waals surface area contributed by atoms with Crippen LogP contribution in [0.5, 0.6) is 0 Å². The van der Waals surface area contributed by atoms with Gasteiger partial charge >= 0.3 is 0 Å². The Labute approximate surface area is 66.0 Å². The zero-order chi connectivity index (χ0) is 7.40. The molecule has 0 aliphatic heterocycles. The van der Waals surface area contributed by atoms with Gasteiger partial charge in [-0.3, -0.25) is 4.79 Å². The van der Waals surface area contributed by atoms with Crippen molar-refractivity contribution in [3.63, 3.8) is 0 Å². The maximum absolute atomic E-state index is 9.89. The number of carbonyl (C=O) groups excluding carboxylic acids is 1. The van der Waals surface area contributed by atoms with Gasteiger partial charge in [0, 0.05) is 0 Å². The Balaban J connectivity index is 2.67. The second kappa shape index (κ2) is 3.52. The van der Waals surface area contributed by atoms with Gasteiger partial charge in [0.05, 0.1) is 0 Å². The zero-order valence-corrected chi connectivity index (χ0v) is 6.83. The molecule has 4 nitrogen and oxygen atoms in total. The van der Waals surface area contributed by atoms with E-state index in [1.807, 2.05) is 6.26 Å². The summed E-state index contributed by atoms with van der Waals surface area (Å²) in [5, 5.41) is 10.4. The van der Waals surface area contributed by atoms with Crippen molar-refractivity contribution in [3.05, 3.63) is 0 Å². The van der Waals surface area contributed by atoms with Gasteiger partial charge in [-0.2, -0.15) is 0 Å². The predicted molar refractivity (Wildman–Crippen MR) is 41.4 cm³/mol. The third-order valence-electron chi connectivity index (χ3n) is 0.763. The Hall–Kier alpha value is -0.620. The molecule has 10 heavy (non-hydrogen) atoms. The van der Waals surface area contributed by atoms with E-state index < -0.39 is 0 Å². The molecule has 1 heterocycles. The highest BCUT2D eigenvalue weighted by Gasteiger charge is 1.99. The van der Waals surface area contributed by atoms with Gasteiger partial charge in [0.25, 0.3) is 0 Å². The van der Waals surface area contributed by atoms with Crippen LogP contribution in [0, 0.1) is 0 Å². The van der Waals surface area contributed by atoms with Gasteiger partial charge in [-0.1, -0.05) is 23.1 Å². The molecule has 0 unspecified atom stereocenters. The van der Waals surface area contributed by atoms with Crippen molar-refractivity contribution in [3.8, 4) is 0 Å². The maximum atomic E-state index is 9.89. The van der Waals surface area contributed by atoms with Gasteiger partial charge in [-0.15, -0.1) is 10.2 Å². The molecule has 1 amide bonds. The maximum Gasteiger partial charge on any atom is 0.213 e. The summed E-state index contributed by atoms with van der Waals surface area (Å²) < 4.78 is 0.851. The van der Waals surface area contributed by atoms with Crippen molar-refractivity contribution in [1.82, 2.24) is 10.2 Å². The summed E-state index contributed by atoms with van der Waals surface area (Å²) in [6, 6.07) is 0. The Morgan fingerprint density at radius 1 is 1.70 bits per heavy atom. The number of amides is 1. The van der Waals surface area contributed by atoms with E-state index in [1.165, 1.54) is 23.1 Å². The summed E-state index contributed by atoms with van der Waals surface area (Å²) in [6.45, 7) is 0. The van der Waals surface area contributed by atoms with Crippen molar-refractivity contribution >= 4 is 34.6 Å². The van der Waals surface area contributed by atoms with Crippen LogP contribution in [-0.4, -0.2) is 22.9 Å². The number of nitrogens with zero attached hydrogens (tertiary/aromatic N) is 2. The molecule has 1 N–H and O–H groups in total. The van der Waals surface area contributed by atoms with Gasteiger partial charge in [0.15, 0.2) is 4.34 Å². The second-order valence-electron chi connectivity index (χ2n) is 1.34. The number of anilines is 1. The number of carbonyl (C=O) groups is 1. The van der Waals surface area contributed by atoms with Crippen LogP contribution in [0.2, 0.25) is 0 Å². The quantitative estimate of drug-likeness (QED) is 0.420. The fourth-order valence-corrected chi connectivity index (χ4v) is 1.53. The Morgan fingerprint density at radius 3 is 3.00 bits per heavy atom. The molecule has 0 aromatic carbocycles. The monoisotopic (exact) mass is 175 g/mol. The fourth-order valence-electron chi connectivity index (χ4n) is 0.401. The minimum Gasteiger partial charge on any atom is -0.303 e. The Morgan fingerprint density at radius 2 is 2.50 bits per heavy atom. The second-order valence-corrected chi connectivity index (χ2v) is 3.37. The van der Waals surface area contributed by atoms with Gasteiger partial charge in [0.2, 0.25) is 11.5 Å². The van der Waals surface area contributed by atoms with Crippen molar-refractivity contribution in [2.24, 2.45) is 0 Å². The molecule has 0 aliphatic carbocycles. The largest absolute Gasteiger partial charge is 0.303 e. The number of hydrogen-bond acceptors (Lipinski definition) is 5. The van der Waals surface area contributed by atoms with E-state index in [0.29, 0.717) is 11.5 Å². The van der Waals surface area contributed by atoms with E-state index in [2.05, 4.69) is 15.5 Å². The van der Waals surface area contributed by atoms with Gasteiger partial charge in [-0.05, 0) is 6.26 Å². The summed E-state index contributed by atoms with van der Waals surface area (Å²) in [5.74, 6) is 0. The van der Waals surface area contributed by atoms with Crippen molar-refractivity contribution in [2.45, 2.75) is 4.34 Å². The van der Waals surface area contributed by atoms with E-state index >= 15 is 0 Å². The van der Waals surface area contributed by atoms with Crippen LogP contribution in [0.25, 0.3) is 0 Å². The Bertz CT molecular complexity index is 224. The predicted octanol–water partition coefficient (Wildman–Crippen LogP) is 0.828. The summed E-state index contributed by atoms with van der Waals surface area (Å²) >= 11 is 2.86. The highest BCUT2D eigenvalue weighted by molar-refractivity contribution is 8.00. The summed E-state index contributed by atoms with van der Waals surface area (Å²) in [5.41, 5.74) is 0. The summed E-state index contributed by atoms with van der Waals surface area (Å²) in [7, 11) is 0. The molecular weight excluding hydrogens is 170 g/mol. The van der Waals surface area contributed by atoms with Crippen LogP contribution in [0.1, 0.15) is 0 Å². The lowest BCUT2D eigenvalue weighted by molar-refractivity contribution is -0.105. The molecular formula is C4H5N3OS2. The molecule has 0 aliphatic rings. The molecule has 0 saturated carbocycles. The molecule has 1 rings (SSSR count). The summed E-state index contributed by atoms with van der Waals surface area (Å²) in [6.07, 6.45) is 2.50. The van der Waals surface area contributed by atoms with E-state index in [1.54, 1.807) is 0 Å². The average Bonchev–Trinajstić information content (AvgIpc) is 2.37. The molecule has 0 atom stereocenters. The molecule has 0 radical (unpaired) electrons. The number of thioether (sulfide) groups is 1. The fraction of sp³-hybridized carbons (Fsp3) is 0.250. The number of hydrogen-bond donors (Lipinski definition) is 1. The molecule has 6 heteroatoms. The van der Waals surface area contributed by atoms with Gasteiger partial charge in [-0.25, -0.2) is 0 Å². The highest BCUT2D eigenvalue weighted by atomic mass is 32.2. The first-order valence-electron chi connectivity index (χ1n) is 2.44. The Kier molecular flexibility index (Phi) is 2.64. The van der Waals surface area contributed by atoms with Crippen molar-refractivity contribution in [1.29, 1.82) is 0 Å².